The second-order valence-electron chi connectivity index (χ2n) is 9.47. The number of nitrogens with zero attached hydrogens (tertiary/aromatic N) is 3. The predicted octanol–water partition coefficient (Wildman–Crippen LogP) is 4.73. The average molecular weight is 458 g/mol. The van der Waals surface area contributed by atoms with Crippen LogP contribution in [0.4, 0.5) is 5.69 Å². The van der Waals surface area contributed by atoms with Crippen LogP contribution in [0.15, 0.2) is 48.5 Å². The smallest absolute Gasteiger partial charge is 0.227 e. The molecule has 3 aromatic rings. The highest BCUT2D eigenvalue weighted by Gasteiger charge is 2.27. The third-order valence-corrected chi connectivity index (χ3v) is 7.18. The van der Waals surface area contributed by atoms with E-state index in [4.69, 9.17) is 9.84 Å². The first kappa shape index (κ1) is 22.6. The number of piperidine rings is 1. The van der Waals surface area contributed by atoms with Gasteiger partial charge in [-0.2, -0.15) is 10.4 Å². The number of para-hydroxylation sites is 1. The number of carbonyl (C=O) groups excluding carboxylic acids is 1. The molecule has 0 aliphatic carbocycles. The number of benzene rings is 2. The van der Waals surface area contributed by atoms with E-state index in [1.165, 1.54) is 0 Å². The van der Waals surface area contributed by atoms with E-state index in [1.807, 2.05) is 48.0 Å². The van der Waals surface area contributed by atoms with Crippen molar-refractivity contribution in [2.24, 2.45) is 17.8 Å². The van der Waals surface area contributed by atoms with Gasteiger partial charge in [0.15, 0.2) is 6.23 Å². The molecule has 7 heteroatoms. The Labute approximate surface area is 200 Å². The number of hydrogen-bond donors (Lipinski definition) is 2. The lowest BCUT2D eigenvalue weighted by Crippen LogP contribution is -2.37. The Balaban J connectivity index is 1.39. The predicted molar refractivity (Wildman–Crippen MR) is 132 cm³/mol. The number of rotatable bonds is 5. The zero-order valence-electron chi connectivity index (χ0n) is 19.5. The summed E-state index contributed by atoms with van der Waals surface area (Å²) in [5.74, 6) is 0.332. The van der Waals surface area contributed by atoms with Gasteiger partial charge in [-0.15, -0.1) is 0 Å². The lowest BCUT2D eigenvalue weighted by molar-refractivity contribution is -0.121. The Morgan fingerprint density at radius 2 is 2.12 bits per heavy atom. The van der Waals surface area contributed by atoms with E-state index in [0.29, 0.717) is 12.5 Å². The first-order valence-electron chi connectivity index (χ1n) is 12.2. The maximum Gasteiger partial charge on any atom is 0.227 e. The van der Waals surface area contributed by atoms with Gasteiger partial charge in [0.05, 0.1) is 24.1 Å². The van der Waals surface area contributed by atoms with Gasteiger partial charge >= 0.3 is 0 Å². The van der Waals surface area contributed by atoms with E-state index in [1.54, 1.807) is 0 Å². The number of anilines is 1. The Hall–Kier alpha value is -3.21. The molecule has 176 valence electrons. The van der Waals surface area contributed by atoms with Crippen LogP contribution >= 0.6 is 0 Å². The van der Waals surface area contributed by atoms with Crippen molar-refractivity contribution in [2.75, 3.05) is 25.0 Å². The van der Waals surface area contributed by atoms with Crippen LogP contribution in [0.3, 0.4) is 0 Å². The molecule has 1 amide bonds. The summed E-state index contributed by atoms with van der Waals surface area (Å²) in [6, 6.07) is 18.3. The number of ether oxygens (including phenoxy) is 1. The summed E-state index contributed by atoms with van der Waals surface area (Å²) in [6.07, 6.45) is 3.59. The summed E-state index contributed by atoms with van der Waals surface area (Å²) in [5.41, 5.74) is 3.60. The van der Waals surface area contributed by atoms with Crippen LogP contribution in [-0.2, 0) is 9.53 Å². The summed E-state index contributed by atoms with van der Waals surface area (Å²) in [6.45, 7) is 4.39. The fourth-order valence-corrected chi connectivity index (χ4v) is 5.07. The van der Waals surface area contributed by atoms with Crippen LogP contribution in [0.2, 0.25) is 0 Å². The molecule has 34 heavy (non-hydrogen) atoms. The second-order valence-corrected chi connectivity index (χ2v) is 9.47. The molecule has 4 unspecified atom stereocenters. The summed E-state index contributed by atoms with van der Waals surface area (Å²) in [4.78, 5) is 12.9. The fourth-order valence-electron chi connectivity index (χ4n) is 5.07. The summed E-state index contributed by atoms with van der Waals surface area (Å²) >= 11 is 0. The number of nitriles is 1. The number of fused-ring (bicyclic) bond motifs is 1. The van der Waals surface area contributed by atoms with Gasteiger partial charge in [-0.1, -0.05) is 37.3 Å². The van der Waals surface area contributed by atoms with Gasteiger partial charge in [0.1, 0.15) is 5.69 Å². The molecular weight excluding hydrogens is 426 g/mol. The van der Waals surface area contributed by atoms with Crippen LogP contribution < -0.4 is 10.6 Å². The minimum atomic E-state index is -0.184. The molecule has 2 aromatic carbocycles. The summed E-state index contributed by atoms with van der Waals surface area (Å²) < 4.78 is 7.95. The molecule has 4 atom stereocenters. The van der Waals surface area contributed by atoms with Crippen molar-refractivity contribution in [3.05, 3.63) is 48.5 Å². The van der Waals surface area contributed by atoms with Crippen molar-refractivity contribution in [3.8, 4) is 17.3 Å². The maximum absolute atomic E-state index is 12.9. The molecule has 2 fully saturated rings. The van der Waals surface area contributed by atoms with E-state index < -0.39 is 0 Å². The normalized spacial score (nSPS) is 23.8. The van der Waals surface area contributed by atoms with Gasteiger partial charge in [0, 0.05) is 22.6 Å². The fraction of sp³-hybridized carbons (Fsp3) is 0.444. The van der Waals surface area contributed by atoms with Gasteiger partial charge in [0.25, 0.3) is 0 Å². The average Bonchev–Trinajstić information content (AvgIpc) is 3.29. The zero-order valence-corrected chi connectivity index (χ0v) is 19.5. The minimum absolute atomic E-state index is 0.0443. The highest BCUT2D eigenvalue weighted by atomic mass is 16.5. The third kappa shape index (κ3) is 4.56. The number of nitrogens with one attached hydrogen (secondary N) is 2. The van der Waals surface area contributed by atoms with Crippen LogP contribution in [0.5, 0.6) is 0 Å². The van der Waals surface area contributed by atoms with E-state index in [-0.39, 0.29) is 24.0 Å². The van der Waals surface area contributed by atoms with E-state index >= 15 is 0 Å². The Kier molecular flexibility index (Phi) is 6.61. The molecule has 0 saturated carbocycles. The minimum Gasteiger partial charge on any atom is -0.355 e. The van der Waals surface area contributed by atoms with Gasteiger partial charge in [0.2, 0.25) is 5.91 Å². The molecule has 0 spiro atoms. The number of aromatic nitrogens is 2. The molecule has 2 N–H and O–H groups in total. The largest absolute Gasteiger partial charge is 0.355 e. The molecule has 0 radical (unpaired) electrons. The highest BCUT2D eigenvalue weighted by Crippen LogP contribution is 2.34. The lowest BCUT2D eigenvalue weighted by Gasteiger charge is -2.27. The molecule has 5 rings (SSSR count). The van der Waals surface area contributed by atoms with Gasteiger partial charge in [-0.05, 0) is 62.9 Å². The maximum atomic E-state index is 12.9. The van der Waals surface area contributed by atoms with Crippen LogP contribution in [0.1, 0.15) is 38.8 Å². The second kappa shape index (κ2) is 9.96. The van der Waals surface area contributed by atoms with E-state index in [9.17, 15) is 10.1 Å². The molecule has 2 saturated heterocycles. The van der Waals surface area contributed by atoms with Crippen molar-refractivity contribution in [3.63, 3.8) is 0 Å². The lowest BCUT2D eigenvalue weighted by atomic mass is 9.87. The first-order valence-corrected chi connectivity index (χ1v) is 12.2. The third-order valence-electron chi connectivity index (χ3n) is 7.18. The van der Waals surface area contributed by atoms with Crippen LogP contribution in [-0.4, -0.2) is 35.4 Å². The van der Waals surface area contributed by atoms with Crippen molar-refractivity contribution >= 4 is 22.5 Å². The number of hydrogen-bond acceptors (Lipinski definition) is 5. The molecule has 2 aliphatic heterocycles. The quantitative estimate of drug-likeness (QED) is 0.578. The van der Waals surface area contributed by atoms with E-state index in [0.717, 1.165) is 66.6 Å². The molecule has 0 bridgehead atoms. The van der Waals surface area contributed by atoms with Crippen molar-refractivity contribution in [1.82, 2.24) is 15.1 Å². The SMILES string of the molecule is CC(C(=O)Nc1cccc(-c2nn(C3CCC(C#N)CO3)c3ccccc23)c1)C1CCCNC1. The summed E-state index contributed by atoms with van der Waals surface area (Å²) in [7, 11) is 0. The number of amides is 1. The highest BCUT2D eigenvalue weighted by molar-refractivity contribution is 5.96. The molecule has 3 heterocycles. The van der Waals surface area contributed by atoms with Gasteiger partial charge < -0.3 is 15.4 Å². The van der Waals surface area contributed by atoms with Crippen molar-refractivity contribution in [1.29, 1.82) is 5.26 Å². The number of carbonyl (C=O) groups is 1. The van der Waals surface area contributed by atoms with Crippen LogP contribution in [0, 0.1) is 29.1 Å². The molecule has 2 aliphatic rings. The Morgan fingerprint density at radius 3 is 2.88 bits per heavy atom. The standard InChI is InChI=1S/C27H31N5O2/c1-18(21-7-5-13-29-16-21)27(33)30-22-8-4-6-20(14-22)26-23-9-2-3-10-24(23)32(31-26)25-12-11-19(15-28)17-34-25/h2-4,6,8-10,14,18-19,21,25,29H,5,7,11-13,16-17H2,1H3,(H,30,33). The monoisotopic (exact) mass is 457 g/mol. The van der Waals surface area contributed by atoms with Gasteiger partial charge in [-0.25, -0.2) is 4.68 Å². The van der Waals surface area contributed by atoms with Crippen LogP contribution in [0.25, 0.3) is 22.2 Å². The Bertz CT molecular complexity index is 1200. The van der Waals surface area contributed by atoms with Crippen molar-refractivity contribution < 1.29 is 9.53 Å². The first-order chi connectivity index (χ1) is 16.6. The van der Waals surface area contributed by atoms with Crippen molar-refractivity contribution in [2.45, 2.75) is 38.8 Å². The zero-order chi connectivity index (χ0) is 23.5. The molecule has 1 aromatic heterocycles. The van der Waals surface area contributed by atoms with Gasteiger partial charge in [-0.3, -0.25) is 4.79 Å². The Morgan fingerprint density at radius 1 is 1.24 bits per heavy atom. The summed E-state index contributed by atoms with van der Waals surface area (Å²) in [5, 5.41) is 21.7. The molecule has 7 nitrogen and oxygen atoms in total. The van der Waals surface area contributed by atoms with E-state index in [2.05, 4.69) is 28.8 Å². The topological polar surface area (TPSA) is 92.0 Å². The molecular formula is C27H31N5O2.